The molecule has 138 valence electrons. The van der Waals surface area contributed by atoms with Gasteiger partial charge in [0.2, 0.25) is 0 Å². The number of nitrogens with one attached hydrogen (secondary N) is 2. The molecule has 2 N–H and O–H groups in total. The molecule has 5 heteroatoms. The van der Waals surface area contributed by atoms with Crippen LogP contribution in [0.15, 0.2) is 23.2 Å². The van der Waals surface area contributed by atoms with Crippen LogP contribution in [0, 0.1) is 5.92 Å². The molecule has 0 bridgehead atoms. The highest BCUT2D eigenvalue weighted by Gasteiger charge is 2.33. The molecule has 0 saturated heterocycles. The molecule has 0 spiro atoms. The fraction of sp³-hybridized carbons (Fsp3) is 0.650. The van der Waals surface area contributed by atoms with Gasteiger partial charge in [0.05, 0.1) is 19.8 Å². The zero-order valence-electron chi connectivity index (χ0n) is 15.7. The minimum absolute atomic E-state index is 0.336. The van der Waals surface area contributed by atoms with E-state index in [0.717, 1.165) is 48.3 Å². The molecule has 0 heterocycles. The minimum atomic E-state index is 0.336. The van der Waals surface area contributed by atoms with Gasteiger partial charge >= 0.3 is 0 Å². The molecule has 2 aliphatic rings. The summed E-state index contributed by atoms with van der Waals surface area (Å²) in [6, 6.07) is 6.71. The quantitative estimate of drug-likeness (QED) is 0.587. The van der Waals surface area contributed by atoms with E-state index in [9.17, 15) is 0 Å². The molecule has 3 rings (SSSR count). The van der Waals surface area contributed by atoms with Crippen molar-refractivity contribution in [1.29, 1.82) is 0 Å². The van der Waals surface area contributed by atoms with Crippen molar-refractivity contribution in [2.24, 2.45) is 10.9 Å². The number of nitrogens with zero attached hydrogens (tertiary/aromatic N) is 1. The summed E-state index contributed by atoms with van der Waals surface area (Å²) in [5.74, 6) is 3.28. The first-order chi connectivity index (χ1) is 12.2. The summed E-state index contributed by atoms with van der Waals surface area (Å²) in [5.41, 5.74) is 1.12. The Balaban J connectivity index is 1.63. The molecule has 25 heavy (non-hydrogen) atoms. The molecule has 1 aromatic carbocycles. The largest absolute Gasteiger partial charge is 0.493 e. The lowest BCUT2D eigenvalue weighted by atomic mass is 10.2. The predicted octanol–water partition coefficient (Wildman–Crippen LogP) is 3.48. The number of aliphatic imine (C=N–C) groups is 1. The fourth-order valence-corrected chi connectivity index (χ4v) is 3.28. The standard InChI is InChI=1S/C20H31N3O2/c1-4-21-20(23-17-11-14(17)2)22-13-15-9-10-18(19(12-15)24-3)25-16-7-5-6-8-16/h9-10,12,14,16-17H,4-8,11,13H2,1-3H3,(H2,21,22,23). The number of hydrogen-bond acceptors (Lipinski definition) is 3. The average molecular weight is 345 g/mol. The lowest BCUT2D eigenvalue weighted by Crippen LogP contribution is -2.39. The van der Waals surface area contributed by atoms with Crippen LogP contribution in [0.3, 0.4) is 0 Å². The van der Waals surface area contributed by atoms with Gasteiger partial charge in [0.15, 0.2) is 17.5 Å². The predicted molar refractivity (Wildman–Crippen MR) is 101 cm³/mol. The molecule has 2 fully saturated rings. The Hall–Kier alpha value is -1.91. The third kappa shape index (κ3) is 5.03. The second kappa shape index (κ2) is 8.45. The lowest BCUT2D eigenvalue weighted by Gasteiger charge is -2.16. The Morgan fingerprint density at radius 1 is 1.24 bits per heavy atom. The molecule has 1 aromatic rings. The summed E-state index contributed by atoms with van der Waals surface area (Å²) in [6.07, 6.45) is 6.38. The maximum atomic E-state index is 6.10. The van der Waals surface area contributed by atoms with Crippen molar-refractivity contribution in [3.63, 3.8) is 0 Å². The minimum Gasteiger partial charge on any atom is -0.493 e. The third-order valence-corrected chi connectivity index (χ3v) is 5.02. The molecule has 0 aliphatic heterocycles. The van der Waals surface area contributed by atoms with Gasteiger partial charge in [-0.3, -0.25) is 0 Å². The van der Waals surface area contributed by atoms with E-state index < -0.39 is 0 Å². The first-order valence-corrected chi connectivity index (χ1v) is 9.58. The van der Waals surface area contributed by atoms with Crippen LogP contribution in [0.25, 0.3) is 0 Å². The Morgan fingerprint density at radius 3 is 2.64 bits per heavy atom. The van der Waals surface area contributed by atoms with Crippen molar-refractivity contribution in [3.8, 4) is 11.5 Å². The number of hydrogen-bond donors (Lipinski definition) is 2. The van der Waals surface area contributed by atoms with E-state index in [2.05, 4.69) is 30.5 Å². The number of guanidine groups is 1. The highest BCUT2D eigenvalue weighted by molar-refractivity contribution is 5.80. The Morgan fingerprint density at radius 2 is 2.00 bits per heavy atom. The van der Waals surface area contributed by atoms with Gasteiger partial charge < -0.3 is 20.1 Å². The van der Waals surface area contributed by atoms with Gasteiger partial charge in [0, 0.05) is 12.6 Å². The van der Waals surface area contributed by atoms with E-state index in [-0.39, 0.29) is 0 Å². The van der Waals surface area contributed by atoms with Crippen LogP contribution in [0.2, 0.25) is 0 Å². The normalized spacial score (nSPS) is 23.4. The van der Waals surface area contributed by atoms with Crippen molar-refractivity contribution >= 4 is 5.96 Å². The van der Waals surface area contributed by atoms with E-state index in [1.54, 1.807) is 7.11 Å². The highest BCUT2D eigenvalue weighted by Crippen LogP contribution is 2.32. The topological polar surface area (TPSA) is 54.9 Å². The van der Waals surface area contributed by atoms with Crippen molar-refractivity contribution in [3.05, 3.63) is 23.8 Å². The first kappa shape index (κ1) is 17.9. The van der Waals surface area contributed by atoms with Gasteiger partial charge in [-0.25, -0.2) is 4.99 Å². The molecular weight excluding hydrogens is 314 g/mol. The molecule has 0 radical (unpaired) electrons. The van der Waals surface area contributed by atoms with E-state index in [0.29, 0.717) is 18.7 Å². The van der Waals surface area contributed by atoms with Gasteiger partial charge in [0.25, 0.3) is 0 Å². The van der Waals surface area contributed by atoms with E-state index in [4.69, 9.17) is 14.5 Å². The summed E-state index contributed by atoms with van der Waals surface area (Å²) in [6.45, 7) is 5.84. The zero-order valence-corrected chi connectivity index (χ0v) is 15.7. The van der Waals surface area contributed by atoms with Crippen LogP contribution in [-0.4, -0.2) is 31.8 Å². The monoisotopic (exact) mass is 345 g/mol. The maximum absolute atomic E-state index is 6.10. The fourth-order valence-electron chi connectivity index (χ4n) is 3.28. The number of ether oxygens (including phenoxy) is 2. The summed E-state index contributed by atoms with van der Waals surface area (Å²) in [7, 11) is 1.70. The molecule has 5 nitrogen and oxygen atoms in total. The molecule has 2 saturated carbocycles. The number of benzene rings is 1. The van der Waals surface area contributed by atoms with Crippen LogP contribution in [0.1, 0.15) is 51.5 Å². The average Bonchev–Trinajstić information content (AvgIpc) is 3.08. The highest BCUT2D eigenvalue weighted by atomic mass is 16.5. The second-order valence-corrected chi connectivity index (χ2v) is 7.17. The third-order valence-electron chi connectivity index (χ3n) is 5.02. The van der Waals surface area contributed by atoms with Crippen molar-refractivity contribution < 1.29 is 9.47 Å². The van der Waals surface area contributed by atoms with Crippen LogP contribution in [0.5, 0.6) is 11.5 Å². The summed E-state index contributed by atoms with van der Waals surface area (Å²) in [4.78, 5) is 4.70. The van der Waals surface area contributed by atoms with E-state index in [1.807, 2.05) is 12.1 Å². The van der Waals surface area contributed by atoms with E-state index >= 15 is 0 Å². The molecule has 2 aliphatic carbocycles. The van der Waals surface area contributed by atoms with Gasteiger partial charge in [-0.05, 0) is 62.6 Å². The van der Waals surface area contributed by atoms with Gasteiger partial charge in [-0.2, -0.15) is 0 Å². The van der Waals surface area contributed by atoms with Crippen LogP contribution in [-0.2, 0) is 6.54 Å². The van der Waals surface area contributed by atoms with Crippen LogP contribution >= 0.6 is 0 Å². The summed E-state index contributed by atoms with van der Waals surface area (Å²) in [5, 5.41) is 6.80. The lowest BCUT2D eigenvalue weighted by molar-refractivity contribution is 0.200. The number of rotatable bonds is 7. The van der Waals surface area contributed by atoms with Crippen molar-refractivity contribution in [1.82, 2.24) is 10.6 Å². The van der Waals surface area contributed by atoms with Crippen LogP contribution in [0.4, 0.5) is 0 Å². The van der Waals surface area contributed by atoms with Crippen molar-refractivity contribution in [2.45, 2.75) is 64.6 Å². The molecule has 2 unspecified atom stereocenters. The SMILES string of the molecule is CCNC(=NCc1ccc(OC2CCCC2)c(OC)c1)NC1CC1C. The number of methoxy groups -OCH3 is 1. The molecule has 0 amide bonds. The zero-order chi connectivity index (χ0) is 17.6. The first-order valence-electron chi connectivity index (χ1n) is 9.58. The van der Waals surface area contributed by atoms with Gasteiger partial charge in [0.1, 0.15) is 0 Å². The Labute approximate surface area is 151 Å². The molecule has 2 atom stereocenters. The molecular formula is C20H31N3O2. The second-order valence-electron chi connectivity index (χ2n) is 7.17. The smallest absolute Gasteiger partial charge is 0.191 e. The Bertz CT molecular complexity index is 597. The van der Waals surface area contributed by atoms with Gasteiger partial charge in [-0.1, -0.05) is 13.0 Å². The van der Waals surface area contributed by atoms with E-state index in [1.165, 1.54) is 19.3 Å². The molecule has 0 aromatic heterocycles. The van der Waals surface area contributed by atoms with Crippen LogP contribution < -0.4 is 20.1 Å². The summed E-state index contributed by atoms with van der Waals surface area (Å²) < 4.78 is 11.6. The summed E-state index contributed by atoms with van der Waals surface area (Å²) >= 11 is 0. The van der Waals surface area contributed by atoms with Gasteiger partial charge in [-0.15, -0.1) is 0 Å². The van der Waals surface area contributed by atoms with Crippen molar-refractivity contribution in [2.75, 3.05) is 13.7 Å². The Kier molecular flexibility index (Phi) is 6.05. The maximum Gasteiger partial charge on any atom is 0.191 e.